The van der Waals surface area contributed by atoms with Crippen molar-refractivity contribution in [3.8, 4) is 0 Å². The summed E-state index contributed by atoms with van der Waals surface area (Å²) in [5.41, 5.74) is 4.79. The maximum atomic E-state index is 10.7. The van der Waals surface area contributed by atoms with E-state index in [0.29, 0.717) is 0 Å². The third-order valence-corrected chi connectivity index (χ3v) is 1.14. The summed E-state index contributed by atoms with van der Waals surface area (Å²) in [6, 6.07) is 0. The van der Waals surface area contributed by atoms with Crippen LogP contribution in [0.5, 0.6) is 0 Å². The van der Waals surface area contributed by atoms with Crippen LogP contribution in [0.4, 0.5) is 0 Å². The van der Waals surface area contributed by atoms with Crippen LogP contribution in [-0.2, 0) is 14.3 Å². The summed E-state index contributed by atoms with van der Waals surface area (Å²) in [6.07, 6.45) is -1.42. The number of aliphatic hydroxyl groups is 1. The Hall–Kier alpha value is -1.10. The molecule has 0 saturated carbocycles. The zero-order valence-electron chi connectivity index (χ0n) is 6.95. The van der Waals surface area contributed by atoms with Gasteiger partial charge in [0.05, 0.1) is 25.6 Å². The molecule has 1 atom stereocenters. The lowest BCUT2D eigenvalue weighted by Crippen LogP contribution is -2.23. The topological polar surface area (TPSA) is 89.6 Å². The highest BCUT2D eigenvalue weighted by Gasteiger charge is 2.13. The second-order valence-electron chi connectivity index (χ2n) is 2.33. The van der Waals surface area contributed by atoms with E-state index >= 15 is 0 Å². The van der Waals surface area contributed by atoms with Crippen LogP contribution in [0.15, 0.2) is 0 Å². The number of rotatable bonds is 5. The Morgan fingerprint density at radius 1 is 1.50 bits per heavy atom. The number of hydrogen-bond acceptors (Lipinski definition) is 4. The fourth-order valence-corrected chi connectivity index (χ4v) is 0.717. The van der Waals surface area contributed by atoms with Gasteiger partial charge in [-0.05, 0) is 6.92 Å². The van der Waals surface area contributed by atoms with E-state index in [2.05, 4.69) is 4.74 Å². The molecule has 5 heteroatoms. The van der Waals surface area contributed by atoms with Gasteiger partial charge in [0.1, 0.15) is 0 Å². The molecule has 0 bridgehead atoms. The Balaban J connectivity index is 3.61. The molecule has 12 heavy (non-hydrogen) atoms. The zero-order valence-corrected chi connectivity index (χ0v) is 6.95. The molecular weight excluding hydrogens is 162 g/mol. The van der Waals surface area contributed by atoms with Gasteiger partial charge in [-0.15, -0.1) is 0 Å². The lowest BCUT2D eigenvalue weighted by atomic mass is 10.2. The lowest BCUT2D eigenvalue weighted by Gasteiger charge is -2.06. The Kier molecular flexibility index (Phi) is 5.03. The molecule has 1 unspecified atom stereocenters. The van der Waals surface area contributed by atoms with E-state index in [0.717, 1.165) is 0 Å². The summed E-state index contributed by atoms with van der Waals surface area (Å²) >= 11 is 0. The number of nitrogens with two attached hydrogens (primary N) is 1. The van der Waals surface area contributed by atoms with Gasteiger partial charge in [-0.1, -0.05) is 0 Å². The van der Waals surface area contributed by atoms with E-state index in [1.807, 2.05) is 0 Å². The van der Waals surface area contributed by atoms with E-state index < -0.39 is 18.0 Å². The molecule has 0 aromatic carbocycles. The average molecular weight is 175 g/mol. The highest BCUT2D eigenvalue weighted by Crippen LogP contribution is 1.98. The number of amides is 1. The fraction of sp³-hybridized carbons (Fsp3) is 0.714. The Bertz CT molecular complexity index is 169. The summed E-state index contributed by atoms with van der Waals surface area (Å²) in [5, 5.41) is 9.01. The molecule has 0 aromatic rings. The summed E-state index contributed by atoms with van der Waals surface area (Å²) in [7, 11) is 0. The molecule has 5 nitrogen and oxygen atoms in total. The highest BCUT2D eigenvalue weighted by molar-refractivity contribution is 5.76. The van der Waals surface area contributed by atoms with Gasteiger partial charge in [-0.25, -0.2) is 0 Å². The number of carbonyl (C=O) groups is 2. The first kappa shape index (κ1) is 10.9. The summed E-state index contributed by atoms with van der Waals surface area (Å²) < 4.78 is 4.54. The first-order valence-corrected chi connectivity index (χ1v) is 3.68. The Labute approximate surface area is 70.5 Å². The molecule has 0 rings (SSSR count). The van der Waals surface area contributed by atoms with Crippen molar-refractivity contribution in [2.75, 3.05) is 6.61 Å². The van der Waals surface area contributed by atoms with Crippen molar-refractivity contribution in [2.24, 2.45) is 5.73 Å². The third-order valence-electron chi connectivity index (χ3n) is 1.14. The SMILES string of the molecule is CCOC(=O)CC(O)CC(N)=O. The van der Waals surface area contributed by atoms with Crippen LogP contribution in [0.1, 0.15) is 19.8 Å². The van der Waals surface area contributed by atoms with Gasteiger partial charge in [0.25, 0.3) is 0 Å². The van der Waals surface area contributed by atoms with E-state index in [1.54, 1.807) is 6.92 Å². The van der Waals surface area contributed by atoms with E-state index in [4.69, 9.17) is 10.8 Å². The Morgan fingerprint density at radius 3 is 2.50 bits per heavy atom. The van der Waals surface area contributed by atoms with Gasteiger partial charge in [0.2, 0.25) is 5.91 Å². The first-order valence-electron chi connectivity index (χ1n) is 3.68. The number of hydrogen-bond donors (Lipinski definition) is 2. The van der Waals surface area contributed by atoms with Crippen LogP contribution >= 0.6 is 0 Å². The third kappa shape index (κ3) is 5.67. The second kappa shape index (κ2) is 5.54. The van der Waals surface area contributed by atoms with Crippen LogP contribution in [0.2, 0.25) is 0 Å². The summed E-state index contributed by atoms with van der Waals surface area (Å²) in [4.78, 5) is 21.0. The van der Waals surface area contributed by atoms with E-state index in [1.165, 1.54) is 0 Å². The van der Waals surface area contributed by atoms with Gasteiger partial charge in [-0.2, -0.15) is 0 Å². The summed E-state index contributed by atoms with van der Waals surface area (Å²) in [5.74, 6) is -1.15. The molecule has 0 saturated heterocycles. The number of primary amides is 1. The number of carbonyl (C=O) groups excluding carboxylic acids is 2. The van der Waals surface area contributed by atoms with Crippen LogP contribution in [-0.4, -0.2) is 29.7 Å². The van der Waals surface area contributed by atoms with E-state index in [9.17, 15) is 9.59 Å². The van der Waals surface area contributed by atoms with Crippen molar-refractivity contribution in [1.29, 1.82) is 0 Å². The quantitative estimate of drug-likeness (QED) is 0.534. The molecular formula is C7H13NO4. The van der Waals surface area contributed by atoms with Gasteiger partial charge in [-0.3, -0.25) is 9.59 Å². The standard InChI is InChI=1S/C7H13NO4/c1-2-12-7(11)4-5(9)3-6(8)10/h5,9H,2-4H2,1H3,(H2,8,10). The average Bonchev–Trinajstić information content (AvgIpc) is 1.84. The van der Waals surface area contributed by atoms with Crippen LogP contribution in [0.3, 0.4) is 0 Å². The van der Waals surface area contributed by atoms with Crippen molar-refractivity contribution in [2.45, 2.75) is 25.9 Å². The Morgan fingerprint density at radius 2 is 2.08 bits per heavy atom. The molecule has 0 aliphatic heterocycles. The molecule has 0 aliphatic rings. The highest BCUT2D eigenvalue weighted by atomic mass is 16.5. The number of ether oxygens (including phenoxy) is 1. The lowest BCUT2D eigenvalue weighted by molar-refractivity contribution is -0.145. The van der Waals surface area contributed by atoms with Crippen LogP contribution in [0, 0.1) is 0 Å². The van der Waals surface area contributed by atoms with Crippen LogP contribution in [0.25, 0.3) is 0 Å². The molecule has 0 spiro atoms. The molecule has 0 heterocycles. The van der Waals surface area contributed by atoms with Crippen molar-refractivity contribution in [1.82, 2.24) is 0 Å². The van der Waals surface area contributed by atoms with Gasteiger partial charge in [0.15, 0.2) is 0 Å². The molecule has 0 aromatic heterocycles. The predicted molar refractivity (Wildman–Crippen MR) is 41.1 cm³/mol. The molecule has 0 radical (unpaired) electrons. The second-order valence-corrected chi connectivity index (χ2v) is 2.33. The molecule has 0 fully saturated rings. The summed E-state index contributed by atoms with van der Waals surface area (Å²) in [6.45, 7) is 1.93. The first-order chi connectivity index (χ1) is 5.56. The minimum Gasteiger partial charge on any atom is -0.466 e. The maximum Gasteiger partial charge on any atom is 0.308 e. The van der Waals surface area contributed by atoms with Crippen LogP contribution < -0.4 is 5.73 Å². The van der Waals surface area contributed by atoms with Gasteiger partial charge < -0.3 is 15.6 Å². The number of esters is 1. The fourth-order valence-electron chi connectivity index (χ4n) is 0.717. The normalized spacial score (nSPS) is 12.2. The molecule has 1 amide bonds. The van der Waals surface area contributed by atoms with Gasteiger partial charge >= 0.3 is 5.97 Å². The largest absolute Gasteiger partial charge is 0.466 e. The zero-order chi connectivity index (χ0) is 9.56. The van der Waals surface area contributed by atoms with Crippen molar-refractivity contribution >= 4 is 11.9 Å². The van der Waals surface area contributed by atoms with Crippen molar-refractivity contribution in [3.63, 3.8) is 0 Å². The number of aliphatic hydroxyl groups excluding tert-OH is 1. The molecule has 3 N–H and O–H groups in total. The minimum atomic E-state index is -1.03. The van der Waals surface area contributed by atoms with Crippen molar-refractivity contribution in [3.05, 3.63) is 0 Å². The maximum absolute atomic E-state index is 10.7. The minimum absolute atomic E-state index is 0.184. The van der Waals surface area contributed by atoms with Crippen molar-refractivity contribution < 1.29 is 19.4 Å². The monoisotopic (exact) mass is 175 g/mol. The van der Waals surface area contributed by atoms with E-state index in [-0.39, 0.29) is 19.4 Å². The van der Waals surface area contributed by atoms with Gasteiger partial charge in [0, 0.05) is 0 Å². The smallest absolute Gasteiger partial charge is 0.308 e. The predicted octanol–water partition coefficient (Wildman–Crippen LogP) is -0.824. The molecule has 0 aliphatic carbocycles. The molecule has 70 valence electrons.